The molecule has 1 amide bonds. The molecule has 0 radical (unpaired) electrons. The van der Waals surface area contributed by atoms with Crippen molar-refractivity contribution in [1.82, 2.24) is 15.2 Å². The Hall–Kier alpha value is -2.40. The number of nitrogens with zero attached hydrogens (tertiary/aromatic N) is 2. The Morgan fingerprint density at radius 2 is 1.96 bits per heavy atom. The molecule has 1 atom stereocenters. The Balaban J connectivity index is 1.77. The standard InChI is InChI=1S/C19H23N3O2/c1-24-18-10-3-2-8-15(18)17(22-12-6-7-13-22)14-21-19(23)16-9-4-5-11-20-16/h2-5,8-11,17H,6-7,12-14H2,1H3,(H,21,23). The quantitative estimate of drug-likeness (QED) is 0.887. The average Bonchev–Trinajstić information content (AvgIpc) is 3.17. The second-order valence-electron chi connectivity index (χ2n) is 5.93. The lowest BCUT2D eigenvalue weighted by atomic mass is 10.0. The molecule has 1 aromatic heterocycles. The van der Waals surface area contributed by atoms with Crippen LogP contribution in [0.4, 0.5) is 0 Å². The van der Waals surface area contributed by atoms with Crippen molar-refractivity contribution in [2.75, 3.05) is 26.7 Å². The topological polar surface area (TPSA) is 54.5 Å². The van der Waals surface area contributed by atoms with E-state index in [1.165, 1.54) is 12.8 Å². The van der Waals surface area contributed by atoms with Gasteiger partial charge in [-0.3, -0.25) is 14.7 Å². The maximum absolute atomic E-state index is 12.3. The number of hydrogen-bond donors (Lipinski definition) is 1. The first-order valence-electron chi connectivity index (χ1n) is 8.36. The van der Waals surface area contributed by atoms with Crippen LogP contribution < -0.4 is 10.1 Å². The van der Waals surface area contributed by atoms with E-state index in [1.807, 2.05) is 24.3 Å². The summed E-state index contributed by atoms with van der Waals surface area (Å²) in [6.07, 6.45) is 4.02. The number of benzene rings is 1. The first-order chi connectivity index (χ1) is 11.8. The number of aromatic nitrogens is 1. The Bertz CT molecular complexity index is 669. The van der Waals surface area contributed by atoms with Crippen molar-refractivity contribution < 1.29 is 9.53 Å². The number of ether oxygens (including phenoxy) is 1. The maximum atomic E-state index is 12.3. The van der Waals surface area contributed by atoms with Gasteiger partial charge in [-0.05, 0) is 44.1 Å². The minimum Gasteiger partial charge on any atom is -0.496 e. The molecule has 0 spiro atoms. The molecule has 1 N–H and O–H groups in total. The van der Waals surface area contributed by atoms with Crippen molar-refractivity contribution in [1.29, 1.82) is 0 Å². The summed E-state index contributed by atoms with van der Waals surface area (Å²) in [5, 5.41) is 3.03. The Morgan fingerprint density at radius 3 is 2.67 bits per heavy atom. The molecule has 5 nitrogen and oxygen atoms in total. The maximum Gasteiger partial charge on any atom is 0.269 e. The van der Waals surface area contributed by atoms with Crippen LogP contribution in [0.5, 0.6) is 5.75 Å². The Labute approximate surface area is 142 Å². The lowest BCUT2D eigenvalue weighted by Crippen LogP contribution is -2.37. The molecule has 0 bridgehead atoms. The van der Waals surface area contributed by atoms with E-state index in [2.05, 4.69) is 21.3 Å². The number of hydrogen-bond acceptors (Lipinski definition) is 4. The minimum atomic E-state index is -0.144. The van der Waals surface area contributed by atoms with Crippen molar-refractivity contribution >= 4 is 5.91 Å². The molecule has 2 heterocycles. The molecule has 24 heavy (non-hydrogen) atoms. The zero-order valence-corrected chi connectivity index (χ0v) is 13.9. The number of methoxy groups -OCH3 is 1. The van der Waals surface area contributed by atoms with Gasteiger partial charge < -0.3 is 10.1 Å². The van der Waals surface area contributed by atoms with Crippen LogP contribution >= 0.6 is 0 Å². The number of likely N-dealkylation sites (tertiary alicyclic amines) is 1. The van der Waals surface area contributed by atoms with Gasteiger partial charge >= 0.3 is 0 Å². The summed E-state index contributed by atoms with van der Waals surface area (Å²) in [6, 6.07) is 13.5. The van der Waals surface area contributed by atoms with Gasteiger partial charge in [-0.1, -0.05) is 24.3 Å². The molecule has 1 saturated heterocycles. The van der Waals surface area contributed by atoms with Gasteiger partial charge in [-0.2, -0.15) is 0 Å². The second kappa shape index (κ2) is 7.93. The van der Waals surface area contributed by atoms with Crippen molar-refractivity contribution in [3.8, 4) is 5.75 Å². The molecule has 1 aliphatic rings. The number of carbonyl (C=O) groups excluding carboxylic acids is 1. The monoisotopic (exact) mass is 325 g/mol. The molecule has 5 heteroatoms. The van der Waals surface area contributed by atoms with Gasteiger partial charge in [0.2, 0.25) is 0 Å². The van der Waals surface area contributed by atoms with Crippen LogP contribution in [0.2, 0.25) is 0 Å². The molecule has 1 unspecified atom stereocenters. The number of nitrogens with one attached hydrogen (secondary N) is 1. The molecular formula is C19H23N3O2. The van der Waals surface area contributed by atoms with E-state index in [0.29, 0.717) is 12.2 Å². The van der Waals surface area contributed by atoms with Crippen LogP contribution in [0, 0.1) is 0 Å². The third-order valence-corrected chi connectivity index (χ3v) is 4.43. The van der Waals surface area contributed by atoms with E-state index in [1.54, 1.807) is 25.4 Å². The minimum absolute atomic E-state index is 0.108. The van der Waals surface area contributed by atoms with E-state index in [9.17, 15) is 4.79 Å². The highest BCUT2D eigenvalue weighted by Gasteiger charge is 2.26. The van der Waals surface area contributed by atoms with Gasteiger partial charge in [-0.25, -0.2) is 0 Å². The molecule has 2 aromatic rings. The van der Waals surface area contributed by atoms with Gasteiger partial charge in [0.25, 0.3) is 5.91 Å². The van der Waals surface area contributed by atoms with Crippen LogP contribution in [-0.2, 0) is 0 Å². The van der Waals surface area contributed by atoms with E-state index >= 15 is 0 Å². The molecule has 126 valence electrons. The highest BCUT2D eigenvalue weighted by atomic mass is 16.5. The van der Waals surface area contributed by atoms with Crippen LogP contribution in [-0.4, -0.2) is 42.5 Å². The zero-order chi connectivity index (χ0) is 16.8. The van der Waals surface area contributed by atoms with Crippen LogP contribution in [0.1, 0.15) is 34.9 Å². The van der Waals surface area contributed by atoms with Gasteiger partial charge in [0.15, 0.2) is 0 Å². The van der Waals surface area contributed by atoms with E-state index < -0.39 is 0 Å². The summed E-state index contributed by atoms with van der Waals surface area (Å²) in [5.41, 5.74) is 1.56. The summed E-state index contributed by atoms with van der Waals surface area (Å²) < 4.78 is 5.53. The fraction of sp³-hybridized carbons (Fsp3) is 0.368. The van der Waals surface area contributed by atoms with Crippen LogP contribution in [0.15, 0.2) is 48.7 Å². The highest BCUT2D eigenvalue weighted by molar-refractivity contribution is 5.92. The highest BCUT2D eigenvalue weighted by Crippen LogP contribution is 2.31. The van der Waals surface area contributed by atoms with E-state index in [0.717, 1.165) is 24.4 Å². The summed E-state index contributed by atoms with van der Waals surface area (Å²) in [5.74, 6) is 0.719. The van der Waals surface area contributed by atoms with Gasteiger partial charge in [0.05, 0.1) is 13.2 Å². The van der Waals surface area contributed by atoms with Gasteiger partial charge in [0.1, 0.15) is 11.4 Å². The lowest BCUT2D eigenvalue weighted by molar-refractivity contribution is 0.0932. The summed E-state index contributed by atoms with van der Waals surface area (Å²) in [4.78, 5) is 18.8. The summed E-state index contributed by atoms with van der Waals surface area (Å²) >= 11 is 0. The molecule has 1 aromatic carbocycles. The Kier molecular flexibility index (Phi) is 5.43. The van der Waals surface area contributed by atoms with E-state index in [4.69, 9.17) is 4.74 Å². The fourth-order valence-electron chi connectivity index (χ4n) is 3.21. The molecule has 0 saturated carbocycles. The molecule has 3 rings (SSSR count). The number of amides is 1. The van der Waals surface area contributed by atoms with Crippen molar-refractivity contribution in [2.24, 2.45) is 0 Å². The third kappa shape index (κ3) is 3.74. The van der Waals surface area contributed by atoms with Gasteiger partial charge in [0, 0.05) is 18.3 Å². The largest absolute Gasteiger partial charge is 0.496 e. The predicted octanol–water partition coefficient (Wildman–Crippen LogP) is 2.66. The van der Waals surface area contributed by atoms with Crippen LogP contribution in [0.25, 0.3) is 0 Å². The smallest absolute Gasteiger partial charge is 0.269 e. The van der Waals surface area contributed by atoms with Crippen molar-refractivity contribution in [3.05, 3.63) is 59.9 Å². The van der Waals surface area contributed by atoms with Crippen LogP contribution in [0.3, 0.4) is 0 Å². The normalized spacial score (nSPS) is 15.9. The fourth-order valence-corrected chi connectivity index (χ4v) is 3.21. The third-order valence-electron chi connectivity index (χ3n) is 4.43. The van der Waals surface area contributed by atoms with E-state index in [-0.39, 0.29) is 11.9 Å². The summed E-state index contributed by atoms with van der Waals surface area (Å²) in [7, 11) is 1.69. The van der Waals surface area contributed by atoms with Crippen molar-refractivity contribution in [2.45, 2.75) is 18.9 Å². The average molecular weight is 325 g/mol. The first kappa shape index (κ1) is 16.5. The SMILES string of the molecule is COc1ccccc1C(CNC(=O)c1ccccn1)N1CCCC1. The molecule has 1 aliphatic heterocycles. The van der Waals surface area contributed by atoms with Gasteiger partial charge in [-0.15, -0.1) is 0 Å². The number of carbonyl (C=O) groups is 1. The number of rotatable bonds is 6. The molecule has 1 fully saturated rings. The Morgan fingerprint density at radius 1 is 1.21 bits per heavy atom. The lowest BCUT2D eigenvalue weighted by Gasteiger charge is -2.29. The zero-order valence-electron chi connectivity index (χ0n) is 13.9. The molecule has 0 aliphatic carbocycles. The molecular weight excluding hydrogens is 302 g/mol. The summed E-state index contributed by atoms with van der Waals surface area (Å²) in [6.45, 7) is 2.63. The van der Waals surface area contributed by atoms with Crippen molar-refractivity contribution in [3.63, 3.8) is 0 Å². The first-order valence-corrected chi connectivity index (χ1v) is 8.36. The second-order valence-corrected chi connectivity index (χ2v) is 5.93. The number of para-hydroxylation sites is 1. The number of pyridine rings is 1. The predicted molar refractivity (Wildman–Crippen MR) is 93.1 cm³/mol.